The highest BCUT2D eigenvalue weighted by Gasteiger charge is 2.19. The molecule has 0 heteroatoms. The van der Waals surface area contributed by atoms with Gasteiger partial charge in [0, 0.05) is 1.43 Å². The highest BCUT2D eigenvalue weighted by atomic mass is 14.2. The average Bonchev–Trinajstić information content (AvgIpc) is 2.33. The highest BCUT2D eigenvalue weighted by Crippen LogP contribution is 2.31. The monoisotopic (exact) mass is 232 g/mol. The third-order valence-electron chi connectivity index (χ3n) is 4.81. The van der Waals surface area contributed by atoms with E-state index in [4.69, 9.17) is 0 Å². The number of aryl methyl sites for hydroxylation is 1. The minimum atomic E-state index is 0. The molecule has 0 aliphatic heterocycles. The molecule has 96 valence electrons. The van der Waals surface area contributed by atoms with E-state index in [0.29, 0.717) is 0 Å². The fourth-order valence-electron chi connectivity index (χ4n) is 3.08. The van der Waals surface area contributed by atoms with Crippen LogP contribution in [0.15, 0.2) is 12.1 Å². The maximum absolute atomic E-state index is 2.40. The lowest BCUT2D eigenvalue weighted by Crippen LogP contribution is -2.15. The quantitative estimate of drug-likeness (QED) is 0.655. The van der Waals surface area contributed by atoms with Crippen LogP contribution in [0.2, 0.25) is 0 Å². The van der Waals surface area contributed by atoms with Crippen molar-refractivity contribution in [1.82, 2.24) is 0 Å². The van der Waals surface area contributed by atoms with E-state index in [2.05, 4.69) is 39.8 Å². The molecule has 0 atom stereocenters. The maximum atomic E-state index is 2.40. The van der Waals surface area contributed by atoms with Gasteiger partial charge in [0.05, 0.1) is 0 Å². The van der Waals surface area contributed by atoms with Crippen molar-refractivity contribution in [3.63, 3.8) is 0 Å². The molecular weight excluding hydrogens is 204 g/mol. The predicted molar refractivity (Wildman–Crippen MR) is 77.6 cm³/mol. The van der Waals surface area contributed by atoms with E-state index in [1.54, 1.807) is 5.56 Å². The second kappa shape index (κ2) is 5.25. The minimum absolute atomic E-state index is 0. The van der Waals surface area contributed by atoms with Crippen molar-refractivity contribution >= 4 is 0 Å². The summed E-state index contributed by atoms with van der Waals surface area (Å²) < 4.78 is 0. The molecule has 0 unspecified atom stereocenters. The van der Waals surface area contributed by atoms with Crippen molar-refractivity contribution in [1.29, 1.82) is 0 Å². The van der Waals surface area contributed by atoms with Gasteiger partial charge >= 0.3 is 0 Å². The summed E-state index contributed by atoms with van der Waals surface area (Å²) >= 11 is 0. The van der Waals surface area contributed by atoms with E-state index in [9.17, 15) is 0 Å². The van der Waals surface area contributed by atoms with Gasteiger partial charge in [0.15, 0.2) is 0 Å². The van der Waals surface area contributed by atoms with Crippen LogP contribution in [0, 0.1) is 32.6 Å². The zero-order chi connectivity index (χ0) is 12.4. The van der Waals surface area contributed by atoms with Gasteiger partial charge in [-0.3, -0.25) is 0 Å². The Bertz CT molecular complexity index is 387. The van der Waals surface area contributed by atoms with Crippen LogP contribution in [-0.4, -0.2) is 0 Å². The summed E-state index contributed by atoms with van der Waals surface area (Å²) in [5, 5.41) is 0. The molecule has 1 saturated carbocycles. The molecule has 0 saturated heterocycles. The molecule has 0 spiro atoms. The smallest absolute Gasteiger partial charge is 0 e. The molecule has 1 aliphatic rings. The van der Waals surface area contributed by atoms with E-state index >= 15 is 0 Å². The number of hydrogen-bond acceptors (Lipinski definition) is 0. The normalized spacial score (nSPS) is 24.9. The highest BCUT2D eigenvalue weighted by molar-refractivity contribution is 5.38. The van der Waals surface area contributed by atoms with Crippen LogP contribution in [0.25, 0.3) is 0 Å². The largest absolute Gasteiger partial charge is 0.0625 e. The van der Waals surface area contributed by atoms with Crippen LogP contribution in [0.5, 0.6) is 0 Å². The van der Waals surface area contributed by atoms with Gasteiger partial charge in [-0.1, -0.05) is 31.9 Å². The van der Waals surface area contributed by atoms with Crippen LogP contribution in [0.3, 0.4) is 0 Å². The predicted octanol–water partition coefficient (Wildman–Crippen LogP) is 5.23. The van der Waals surface area contributed by atoms with Crippen molar-refractivity contribution in [2.45, 2.75) is 59.8 Å². The number of benzene rings is 1. The van der Waals surface area contributed by atoms with Gasteiger partial charge in [-0.05, 0) is 74.1 Å². The molecule has 1 fully saturated rings. The fourth-order valence-corrected chi connectivity index (χ4v) is 3.08. The molecular formula is C17H28. The van der Waals surface area contributed by atoms with Crippen LogP contribution in [0.1, 0.15) is 56.3 Å². The molecule has 0 N–H and O–H groups in total. The molecule has 0 aromatic heterocycles. The third kappa shape index (κ3) is 2.91. The van der Waals surface area contributed by atoms with Crippen molar-refractivity contribution in [3.05, 3.63) is 34.4 Å². The van der Waals surface area contributed by atoms with Gasteiger partial charge in [0.2, 0.25) is 0 Å². The summed E-state index contributed by atoms with van der Waals surface area (Å²) in [6, 6.07) is 4.65. The topological polar surface area (TPSA) is 0 Å². The Balaban J connectivity index is 0.00000162. The van der Waals surface area contributed by atoms with Crippen molar-refractivity contribution in [3.8, 4) is 0 Å². The lowest BCUT2D eigenvalue weighted by molar-refractivity contribution is 0.288. The molecule has 0 radical (unpaired) electrons. The Kier molecular flexibility index (Phi) is 3.91. The van der Waals surface area contributed by atoms with Crippen LogP contribution < -0.4 is 0 Å². The van der Waals surface area contributed by atoms with Crippen LogP contribution in [-0.2, 0) is 6.42 Å². The summed E-state index contributed by atoms with van der Waals surface area (Å²) in [5.41, 5.74) is 6.05. The summed E-state index contributed by atoms with van der Waals surface area (Å²) in [4.78, 5) is 0. The van der Waals surface area contributed by atoms with E-state index in [1.165, 1.54) is 48.8 Å². The van der Waals surface area contributed by atoms with Crippen LogP contribution >= 0.6 is 0 Å². The van der Waals surface area contributed by atoms with Gasteiger partial charge in [0.25, 0.3) is 0 Å². The molecule has 0 amide bonds. The Morgan fingerprint density at radius 1 is 1.00 bits per heavy atom. The Morgan fingerprint density at radius 2 is 1.65 bits per heavy atom. The van der Waals surface area contributed by atoms with Crippen molar-refractivity contribution in [2.75, 3.05) is 0 Å². The van der Waals surface area contributed by atoms with Gasteiger partial charge in [-0.15, -0.1) is 0 Å². The molecule has 1 aromatic rings. The molecule has 0 nitrogen and oxygen atoms in total. The van der Waals surface area contributed by atoms with E-state index in [1.807, 2.05) is 0 Å². The van der Waals surface area contributed by atoms with E-state index < -0.39 is 0 Å². The van der Waals surface area contributed by atoms with Crippen molar-refractivity contribution in [2.24, 2.45) is 11.8 Å². The van der Waals surface area contributed by atoms with Crippen LogP contribution in [0.4, 0.5) is 0 Å². The molecule has 0 heterocycles. The lowest BCUT2D eigenvalue weighted by Gasteiger charge is -2.27. The first-order valence-corrected chi connectivity index (χ1v) is 7.13. The second-order valence-electron chi connectivity index (χ2n) is 6.12. The Labute approximate surface area is 108 Å². The molecule has 1 aliphatic carbocycles. The summed E-state index contributed by atoms with van der Waals surface area (Å²) in [7, 11) is 0. The molecule has 1 aromatic carbocycles. The number of rotatable bonds is 2. The lowest BCUT2D eigenvalue weighted by atomic mass is 9.79. The number of hydrogen-bond donors (Lipinski definition) is 0. The fraction of sp³-hybridized carbons (Fsp3) is 0.647. The van der Waals surface area contributed by atoms with Gasteiger partial charge in [0.1, 0.15) is 0 Å². The molecule has 17 heavy (non-hydrogen) atoms. The SMILES string of the molecule is Cc1ccc(CC2CCC(C)CC2)c(C)c1C.[HH]. The van der Waals surface area contributed by atoms with Crippen molar-refractivity contribution < 1.29 is 1.43 Å². The second-order valence-corrected chi connectivity index (χ2v) is 6.12. The first-order chi connectivity index (χ1) is 8.08. The first-order valence-electron chi connectivity index (χ1n) is 7.13. The summed E-state index contributed by atoms with van der Waals surface area (Å²) in [6.07, 6.45) is 7.06. The Morgan fingerprint density at radius 3 is 2.29 bits per heavy atom. The average molecular weight is 232 g/mol. The van der Waals surface area contributed by atoms with Gasteiger partial charge in [-0.25, -0.2) is 0 Å². The Hall–Kier alpha value is -0.780. The zero-order valence-electron chi connectivity index (χ0n) is 11.8. The van der Waals surface area contributed by atoms with Gasteiger partial charge in [-0.2, -0.15) is 0 Å². The van der Waals surface area contributed by atoms with E-state index in [-0.39, 0.29) is 1.43 Å². The molecule has 2 rings (SSSR count). The third-order valence-corrected chi connectivity index (χ3v) is 4.81. The maximum Gasteiger partial charge on any atom is 0 e. The standard InChI is InChI=1S/C17H26.H2/c1-12-5-8-16(9-6-12)11-17-10-7-13(2)14(3)15(17)4;/h7,10,12,16H,5-6,8-9,11H2,1-4H3;1H. The minimum Gasteiger partial charge on any atom is -0.0625 e. The summed E-state index contributed by atoms with van der Waals surface area (Å²) in [5.74, 6) is 1.90. The van der Waals surface area contributed by atoms with E-state index in [0.717, 1.165) is 11.8 Å². The van der Waals surface area contributed by atoms with Gasteiger partial charge < -0.3 is 0 Å². The zero-order valence-corrected chi connectivity index (χ0v) is 11.8. The first kappa shape index (κ1) is 12.7. The molecule has 0 bridgehead atoms. The summed E-state index contributed by atoms with van der Waals surface area (Å²) in [6.45, 7) is 9.17.